The first-order valence-electron chi connectivity index (χ1n) is 8.53. The fourth-order valence-electron chi connectivity index (χ4n) is 3.13. The molecule has 0 atom stereocenters. The third-order valence-electron chi connectivity index (χ3n) is 4.50. The monoisotopic (exact) mass is 427 g/mol. The number of halogens is 1. The van der Waals surface area contributed by atoms with E-state index < -0.39 is 0 Å². The molecule has 2 aromatic carbocycles. The third kappa shape index (κ3) is 3.30. The predicted molar refractivity (Wildman–Crippen MR) is 106 cm³/mol. The molecule has 3 aromatic rings. The number of benzene rings is 2. The van der Waals surface area contributed by atoms with Gasteiger partial charge in [-0.3, -0.25) is 4.79 Å². The fourth-order valence-corrected chi connectivity index (χ4v) is 3.62. The molecule has 0 saturated carbocycles. The van der Waals surface area contributed by atoms with E-state index in [0.29, 0.717) is 12.3 Å². The Kier molecular flexibility index (Phi) is 4.61. The standard InChI is InChI=1S/C20H18BrN3O3/c1-12-11-18(23-24(12)13-3-5-14(26-2)6-4-13)20(25)22-17-8-7-16(21)19-15(17)9-10-27-19/h3-8,11H,9-10H2,1-2H3,(H,22,25). The van der Waals surface area contributed by atoms with E-state index in [1.807, 2.05) is 43.3 Å². The lowest BCUT2D eigenvalue weighted by molar-refractivity contribution is 0.102. The van der Waals surface area contributed by atoms with Gasteiger partial charge in [-0.05, 0) is 65.3 Å². The van der Waals surface area contributed by atoms with Crippen molar-refractivity contribution in [3.8, 4) is 17.2 Å². The second-order valence-electron chi connectivity index (χ2n) is 6.24. The van der Waals surface area contributed by atoms with Crippen LogP contribution in [0.3, 0.4) is 0 Å². The number of methoxy groups -OCH3 is 1. The van der Waals surface area contributed by atoms with Crippen molar-refractivity contribution in [1.82, 2.24) is 9.78 Å². The van der Waals surface area contributed by atoms with Crippen LogP contribution in [0.4, 0.5) is 5.69 Å². The minimum absolute atomic E-state index is 0.248. The van der Waals surface area contributed by atoms with E-state index in [9.17, 15) is 4.79 Å². The summed E-state index contributed by atoms with van der Waals surface area (Å²) < 4.78 is 13.4. The van der Waals surface area contributed by atoms with Crippen LogP contribution < -0.4 is 14.8 Å². The molecule has 0 bridgehead atoms. The van der Waals surface area contributed by atoms with Crippen LogP contribution in [-0.2, 0) is 6.42 Å². The van der Waals surface area contributed by atoms with E-state index in [1.54, 1.807) is 17.9 Å². The topological polar surface area (TPSA) is 65.4 Å². The van der Waals surface area contributed by atoms with Crippen LogP contribution in [-0.4, -0.2) is 29.4 Å². The molecule has 0 fully saturated rings. The number of aryl methyl sites for hydroxylation is 1. The summed E-state index contributed by atoms with van der Waals surface area (Å²) in [5.41, 5.74) is 3.86. The summed E-state index contributed by atoms with van der Waals surface area (Å²) in [6.45, 7) is 2.53. The Hall–Kier alpha value is -2.80. The Labute approximate surface area is 165 Å². The summed E-state index contributed by atoms with van der Waals surface area (Å²) in [6, 6.07) is 13.1. The van der Waals surface area contributed by atoms with Crippen LogP contribution >= 0.6 is 15.9 Å². The molecule has 0 unspecified atom stereocenters. The lowest BCUT2D eigenvalue weighted by Crippen LogP contribution is -2.14. The number of hydrogen-bond donors (Lipinski definition) is 1. The Bertz CT molecular complexity index is 1010. The van der Waals surface area contributed by atoms with Gasteiger partial charge in [0.2, 0.25) is 0 Å². The molecular formula is C20H18BrN3O3. The molecule has 7 heteroatoms. The summed E-state index contributed by atoms with van der Waals surface area (Å²) in [5, 5.41) is 7.43. The first kappa shape index (κ1) is 17.6. The quantitative estimate of drug-likeness (QED) is 0.679. The average molecular weight is 428 g/mol. The van der Waals surface area contributed by atoms with Gasteiger partial charge >= 0.3 is 0 Å². The van der Waals surface area contributed by atoms with Gasteiger partial charge in [0.25, 0.3) is 5.91 Å². The zero-order valence-corrected chi connectivity index (χ0v) is 16.5. The summed E-state index contributed by atoms with van der Waals surface area (Å²) >= 11 is 3.48. The number of carbonyl (C=O) groups is 1. The molecule has 0 aliphatic carbocycles. The molecule has 2 heterocycles. The minimum Gasteiger partial charge on any atom is -0.497 e. The lowest BCUT2D eigenvalue weighted by Gasteiger charge is -2.09. The van der Waals surface area contributed by atoms with Crippen molar-refractivity contribution in [2.45, 2.75) is 13.3 Å². The van der Waals surface area contributed by atoms with Crippen molar-refractivity contribution in [3.63, 3.8) is 0 Å². The molecule has 138 valence electrons. The number of rotatable bonds is 4. The van der Waals surface area contributed by atoms with Crippen molar-refractivity contribution in [2.24, 2.45) is 0 Å². The van der Waals surface area contributed by atoms with Crippen molar-refractivity contribution in [1.29, 1.82) is 0 Å². The van der Waals surface area contributed by atoms with Crippen molar-refractivity contribution >= 4 is 27.5 Å². The van der Waals surface area contributed by atoms with Crippen LogP contribution in [0, 0.1) is 6.92 Å². The van der Waals surface area contributed by atoms with Gasteiger partial charge in [-0.15, -0.1) is 0 Å². The van der Waals surface area contributed by atoms with Gasteiger partial charge in [0.1, 0.15) is 11.5 Å². The number of fused-ring (bicyclic) bond motifs is 1. The molecule has 1 aromatic heterocycles. The Morgan fingerprint density at radius 2 is 2.04 bits per heavy atom. The van der Waals surface area contributed by atoms with Gasteiger partial charge in [-0.1, -0.05) is 0 Å². The largest absolute Gasteiger partial charge is 0.497 e. The van der Waals surface area contributed by atoms with Crippen LogP contribution in [0.2, 0.25) is 0 Å². The second kappa shape index (κ2) is 7.08. The second-order valence-corrected chi connectivity index (χ2v) is 7.09. The minimum atomic E-state index is -0.248. The van der Waals surface area contributed by atoms with Gasteiger partial charge in [0, 0.05) is 23.4 Å². The molecule has 1 amide bonds. The van der Waals surface area contributed by atoms with Crippen LogP contribution in [0.25, 0.3) is 5.69 Å². The van der Waals surface area contributed by atoms with E-state index in [-0.39, 0.29) is 5.91 Å². The number of amides is 1. The normalized spacial score (nSPS) is 12.4. The fraction of sp³-hybridized carbons (Fsp3) is 0.200. The number of aromatic nitrogens is 2. The van der Waals surface area contributed by atoms with Crippen molar-refractivity contribution in [3.05, 3.63) is 63.9 Å². The summed E-state index contributed by atoms with van der Waals surface area (Å²) in [5.74, 6) is 1.32. The predicted octanol–water partition coefficient (Wildman–Crippen LogP) is 4.14. The van der Waals surface area contributed by atoms with Gasteiger partial charge in [0.05, 0.1) is 23.9 Å². The molecule has 27 heavy (non-hydrogen) atoms. The van der Waals surface area contributed by atoms with Gasteiger partial charge in [0.15, 0.2) is 5.69 Å². The van der Waals surface area contributed by atoms with Gasteiger partial charge in [-0.25, -0.2) is 4.68 Å². The van der Waals surface area contributed by atoms with E-state index in [1.165, 1.54) is 0 Å². The molecule has 0 spiro atoms. The average Bonchev–Trinajstić information content (AvgIpc) is 3.32. The molecule has 0 radical (unpaired) electrons. The molecule has 0 saturated heterocycles. The number of ether oxygens (including phenoxy) is 2. The first-order chi connectivity index (χ1) is 13.1. The number of nitrogens with zero attached hydrogens (tertiary/aromatic N) is 2. The maximum atomic E-state index is 12.7. The smallest absolute Gasteiger partial charge is 0.276 e. The zero-order chi connectivity index (χ0) is 19.0. The molecule has 1 N–H and O–H groups in total. The number of nitrogens with one attached hydrogen (secondary N) is 1. The lowest BCUT2D eigenvalue weighted by atomic mass is 10.1. The number of hydrogen-bond acceptors (Lipinski definition) is 4. The summed E-state index contributed by atoms with van der Waals surface area (Å²) in [7, 11) is 1.63. The highest BCUT2D eigenvalue weighted by Gasteiger charge is 2.21. The molecule has 1 aliphatic heterocycles. The van der Waals surface area contributed by atoms with Crippen LogP contribution in [0.1, 0.15) is 21.7 Å². The zero-order valence-electron chi connectivity index (χ0n) is 15.0. The van der Waals surface area contributed by atoms with Gasteiger partial charge < -0.3 is 14.8 Å². The molecular weight excluding hydrogens is 410 g/mol. The highest BCUT2D eigenvalue weighted by atomic mass is 79.9. The van der Waals surface area contributed by atoms with E-state index in [4.69, 9.17) is 9.47 Å². The van der Waals surface area contributed by atoms with E-state index >= 15 is 0 Å². The molecule has 4 rings (SSSR count). The molecule has 1 aliphatic rings. The Balaban J connectivity index is 1.59. The van der Waals surface area contributed by atoms with Crippen LogP contribution in [0.15, 0.2) is 46.9 Å². The summed E-state index contributed by atoms with van der Waals surface area (Å²) in [6.07, 6.45) is 0.768. The van der Waals surface area contributed by atoms with E-state index in [2.05, 4.69) is 26.3 Å². The SMILES string of the molecule is COc1ccc(-n2nc(C(=O)Nc3ccc(Br)c4c3CCO4)cc2C)cc1. The highest BCUT2D eigenvalue weighted by molar-refractivity contribution is 9.10. The number of anilines is 1. The Morgan fingerprint density at radius 1 is 1.26 bits per heavy atom. The van der Waals surface area contributed by atoms with Crippen LogP contribution in [0.5, 0.6) is 11.5 Å². The number of carbonyl (C=O) groups excluding carboxylic acids is 1. The maximum absolute atomic E-state index is 12.7. The summed E-state index contributed by atoms with van der Waals surface area (Å²) in [4.78, 5) is 12.7. The maximum Gasteiger partial charge on any atom is 0.276 e. The Morgan fingerprint density at radius 3 is 2.78 bits per heavy atom. The molecule has 6 nitrogen and oxygen atoms in total. The first-order valence-corrected chi connectivity index (χ1v) is 9.33. The third-order valence-corrected chi connectivity index (χ3v) is 5.12. The van der Waals surface area contributed by atoms with Crippen molar-refractivity contribution < 1.29 is 14.3 Å². The van der Waals surface area contributed by atoms with Crippen molar-refractivity contribution in [2.75, 3.05) is 19.0 Å². The van der Waals surface area contributed by atoms with Gasteiger partial charge in [-0.2, -0.15) is 5.10 Å². The van der Waals surface area contributed by atoms with E-state index in [0.717, 1.165) is 45.0 Å². The highest BCUT2D eigenvalue weighted by Crippen LogP contribution is 2.38.